The van der Waals surface area contributed by atoms with E-state index < -0.39 is 22.0 Å². The number of azo groups is 1. The number of sulfonamides is 1. The number of rotatable bonds is 4. The van der Waals surface area contributed by atoms with Crippen LogP contribution in [0.1, 0.15) is 6.92 Å². The highest BCUT2D eigenvalue weighted by molar-refractivity contribution is 7.89. The fourth-order valence-corrected chi connectivity index (χ4v) is 3.00. The maximum Gasteiger partial charge on any atom is 0.280 e. The number of halogens is 1. The predicted molar refractivity (Wildman–Crippen MR) is 99.8 cm³/mol. The maximum absolute atomic E-state index is 12.6. The van der Waals surface area contributed by atoms with Crippen LogP contribution in [0.2, 0.25) is 5.02 Å². The van der Waals surface area contributed by atoms with Crippen LogP contribution in [-0.4, -0.2) is 31.2 Å². The van der Waals surface area contributed by atoms with Crippen molar-refractivity contribution in [2.45, 2.75) is 17.9 Å². The second kappa shape index (κ2) is 7.06. The molecule has 140 valence electrons. The van der Waals surface area contributed by atoms with Crippen LogP contribution in [0.15, 0.2) is 62.7 Å². The molecule has 1 unspecified atom stereocenters. The number of benzene rings is 2. The minimum Gasteiger partial charge on any atom is -0.506 e. The molecule has 1 aliphatic rings. The molecule has 1 aliphatic heterocycles. The van der Waals surface area contributed by atoms with Gasteiger partial charge < -0.3 is 5.11 Å². The molecule has 0 saturated heterocycles. The summed E-state index contributed by atoms with van der Waals surface area (Å²) in [4.78, 5) is 12.3. The number of aromatic hydroxyl groups is 1. The monoisotopic (exact) mass is 407 g/mol. The van der Waals surface area contributed by atoms with Crippen LogP contribution in [0.25, 0.3) is 0 Å². The second-order valence-corrected chi connectivity index (χ2v) is 7.68. The lowest BCUT2D eigenvalue weighted by Gasteiger charge is -2.12. The van der Waals surface area contributed by atoms with E-state index in [0.717, 1.165) is 18.2 Å². The number of amides is 1. The van der Waals surface area contributed by atoms with Crippen LogP contribution >= 0.6 is 11.6 Å². The van der Waals surface area contributed by atoms with Gasteiger partial charge in [0.1, 0.15) is 11.4 Å². The molecule has 1 amide bonds. The Labute approximate surface area is 159 Å². The van der Waals surface area contributed by atoms with E-state index in [1.165, 1.54) is 5.01 Å². The van der Waals surface area contributed by atoms with E-state index in [2.05, 4.69) is 15.3 Å². The van der Waals surface area contributed by atoms with Crippen LogP contribution in [0.4, 0.5) is 11.4 Å². The van der Waals surface area contributed by atoms with Crippen molar-refractivity contribution in [3.8, 4) is 5.75 Å². The van der Waals surface area contributed by atoms with Gasteiger partial charge in [-0.25, -0.2) is 13.6 Å². The summed E-state index contributed by atoms with van der Waals surface area (Å²) in [6, 6.07) is 8.86. The van der Waals surface area contributed by atoms with Crippen molar-refractivity contribution >= 4 is 44.6 Å². The number of nitrogens with zero attached hydrogens (tertiary/aromatic N) is 4. The van der Waals surface area contributed by atoms with Crippen LogP contribution < -0.4 is 10.1 Å². The average Bonchev–Trinajstić information content (AvgIpc) is 2.88. The number of phenols is 1. The van der Waals surface area contributed by atoms with Crippen molar-refractivity contribution in [1.29, 1.82) is 0 Å². The highest BCUT2D eigenvalue weighted by atomic mass is 35.5. The Morgan fingerprint density at radius 2 is 1.89 bits per heavy atom. The molecular weight excluding hydrogens is 394 g/mol. The van der Waals surface area contributed by atoms with Gasteiger partial charge in [0.05, 0.1) is 16.3 Å². The van der Waals surface area contributed by atoms with Crippen molar-refractivity contribution in [2.75, 3.05) is 5.01 Å². The van der Waals surface area contributed by atoms with Crippen molar-refractivity contribution in [2.24, 2.45) is 20.5 Å². The Balaban J connectivity index is 1.87. The average molecular weight is 408 g/mol. The quantitative estimate of drug-likeness (QED) is 0.752. The molecule has 1 heterocycles. The van der Waals surface area contributed by atoms with Crippen molar-refractivity contribution < 1.29 is 18.3 Å². The van der Waals surface area contributed by atoms with Gasteiger partial charge in [0.2, 0.25) is 10.0 Å². The highest BCUT2D eigenvalue weighted by Gasteiger charge is 2.34. The lowest BCUT2D eigenvalue weighted by Crippen LogP contribution is -2.29. The molecule has 2 aromatic rings. The van der Waals surface area contributed by atoms with Gasteiger partial charge in [0, 0.05) is 5.02 Å². The van der Waals surface area contributed by atoms with E-state index >= 15 is 0 Å². The van der Waals surface area contributed by atoms with Gasteiger partial charge in [-0.1, -0.05) is 11.6 Å². The third kappa shape index (κ3) is 3.97. The summed E-state index contributed by atoms with van der Waals surface area (Å²) in [7, 11) is -3.97. The zero-order valence-corrected chi connectivity index (χ0v) is 15.5. The number of hydrogen-bond acceptors (Lipinski definition) is 7. The third-order valence-corrected chi connectivity index (χ3v) is 4.89. The molecule has 0 fully saturated rings. The molecule has 0 aromatic heterocycles. The number of carbonyl (C=O) groups is 1. The van der Waals surface area contributed by atoms with Crippen LogP contribution in [0.3, 0.4) is 0 Å². The number of nitrogens with two attached hydrogens (primary N) is 1. The summed E-state index contributed by atoms with van der Waals surface area (Å²) < 4.78 is 22.8. The molecule has 2 aromatic carbocycles. The van der Waals surface area contributed by atoms with Gasteiger partial charge >= 0.3 is 0 Å². The Bertz CT molecular complexity index is 1070. The van der Waals surface area contributed by atoms with Gasteiger partial charge in [0.15, 0.2) is 6.04 Å². The second-order valence-electron chi connectivity index (χ2n) is 5.68. The summed E-state index contributed by atoms with van der Waals surface area (Å²) in [6.07, 6.45) is 0. The number of anilines is 1. The standard InChI is InChI=1S/C16H14ClN5O4S/c1-9-15(16(24)22(21-9)11-4-2-10(17)3-5-11)20-19-13-8-12(27(18,25)26)6-7-14(13)23/h2-8,15,23H,1H3,(H2,18,25,26). The number of carbonyl (C=O) groups excluding carboxylic acids is 1. The topological polar surface area (TPSA) is 138 Å². The smallest absolute Gasteiger partial charge is 0.280 e. The molecule has 3 rings (SSSR count). The third-order valence-electron chi connectivity index (χ3n) is 3.72. The molecule has 0 bridgehead atoms. The molecule has 0 aliphatic carbocycles. The Morgan fingerprint density at radius 3 is 2.52 bits per heavy atom. The lowest BCUT2D eigenvalue weighted by molar-refractivity contribution is -0.117. The van der Waals surface area contributed by atoms with Crippen molar-refractivity contribution in [1.82, 2.24) is 0 Å². The Kier molecular flexibility index (Phi) is 4.96. The summed E-state index contributed by atoms with van der Waals surface area (Å²) in [6.45, 7) is 1.61. The van der Waals surface area contributed by atoms with Crippen molar-refractivity contribution in [3.05, 3.63) is 47.5 Å². The number of hydrazone groups is 1. The normalized spacial score (nSPS) is 17.6. The van der Waals surface area contributed by atoms with Crippen LogP contribution in [0, 0.1) is 0 Å². The van der Waals surface area contributed by atoms with Crippen molar-refractivity contribution in [3.63, 3.8) is 0 Å². The van der Waals surface area contributed by atoms with E-state index in [1.54, 1.807) is 31.2 Å². The first kappa shape index (κ1) is 19.0. The molecule has 0 radical (unpaired) electrons. The van der Waals surface area contributed by atoms with Gasteiger partial charge in [-0.05, 0) is 49.4 Å². The molecule has 27 heavy (non-hydrogen) atoms. The van der Waals surface area contributed by atoms with Gasteiger partial charge in [0.25, 0.3) is 5.91 Å². The van der Waals surface area contributed by atoms with E-state index in [-0.39, 0.29) is 16.3 Å². The maximum atomic E-state index is 12.6. The summed E-state index contributed by atoms with van der Waals surface area (Å²) in [5, 5.41) is 28.5. The van der Waals surface area contributed by atoms with Gasteiger partial charge in [-0.2, -0.15) is 20.3 Å². The molecule has 11 heteroatoms. The number of phenolic OH excluding ortho intramolecular Hbond substituents is 1. The van der Waals surface area contributed by atoms with E-state index in [9.17, 15) is 18.3 Å². The number of primary sulfonamides is 1. The summed E-state index contributed by atoms with van der Waals surface area (Å²) in [5.41, 5.74) is 0.772. The fraction of sp³-hybridized carbons (Fsp3) is 0.125. The summed E-state index contributed by atoms with van der Waals surface area (Å²) in [5.74, 6) is -0.749. The Hall–Kier alpha value is -2.82. The van der Waals surface area contributed by atoms with E-state index in [4.69, 9.17) is 16.7 Å². The van der Waals surface area contributed by atoms with E-state index in [1.807, 2.05) is 0 Å². The van der Waals surface area contributed by atoms with Gasteiger partial charge in [-0.15, -0.1) is 0 Å². The highest BCUT2D eigenvalue weighted by Crippen LogP contribution is 2.30. The summed E-state index contributed by atoms with van der Waals surface area (Å²) >= 11 is 5.84. The molecule has 0 spiro atoms. The molecule has 1 atom stereocenters. The first-order valence-electron chi connectivity index (χ1n) is 7.58. The van der Waals surface area contributed by atoms with E-state index in [0.29, 0.717) is 16.4 Å². The van der Waals surface area contributed by atoms with Crippen LogP contribution in [0.5, 0.6) is 5.75 Å². The molecule has 9 nitrogen and oxygen atoms in total. The SMILES string of the molecule is CC1=NN(c2ccc(Cl)cc2)C(=O)C1N=Nc1cc(S(N)(=O)=O)ccc1O. The molecule has 3 N–H and O–H groups in total. The minimum absolute atomic E-state index is 0.132. The molecular formula is C16H14ClN5O4S. The predicted octanol–water partition coefficient (Wildman–Crippen LogP) is 2.57. The number of hydrogen-bond donors (Lipinski definition) is 2. The minimum atomic E-state index is -3.97. The van der Waals surface area contributed by atoms with Crippen LogP contribution in [-0.2, 0) is 14.8 Å². The molecule has 0 saturated carbocycles. The Morgan fingerprint density at radius 1 is 1.22 bits per heavy atom. The fourth-order valence-electron chi connectivity index (χ4n) is 2.34. The lowest BCUT2D eigenvalue weighted by atomic mass is 10.2. The van der Waals surface area contributed by atoms with Gasteiger partial charge in [-0.3, -0.25) is 4.79 Å². The zero-order valence-electron chi connectivity index (χ0n) is 13.9. The largest absolute Gasteiger partial charge is 0.506 e. The zero-order chi connectivity index (χ0) is 19.8. The first-order chi connectivity index (χ1) is 12.7. The first-order valence-corrected chi connectivity index (χ1v) is 9.50.